The van der Waals surface area contributed by atoms with Gasteiger partial charge in [0.25, 0.3) is 11.8 Å². The molecule has 4 aliphatic heterocycles. The third kappa shape index (κ3) is 11.5. The number of carbonyl (C=O) groups excluding carboxylic acids is 2. The zero-order valence-electron chi connectivity index (χ0n) is 46.3. The van der Waals surface area contributed by atoms with E-state index in [0.29, 0.717) is 48.6 Å². The Morgan fingerprint density at radius 1 is 1.02 bits per heavy atom. The second-order valence-corrected chi connectivity index (χ2v) is 22.3. The van der Waals surface area contributed by atoms with Crippen LogP contribution in [0.5, 0.6) is 17.6 Å². The number of nitrogens with zero attached hydrogens (tertiary/aromatic N) is 9. The minimum atomic E-state index is -0.935. The van der Waals surface area contributed by atoms with Gasteiger partial charge < -0.3 is 39.7 Å². The van der Waals surface area contributed by atoms with Gasteiger partial charge in [-0.2, -0.15) is 9.97 Å². The smallest absolute Gasteiger partial charge is 0.336 e. The lowest BCUT2D eigenvalue weighted by Crippen LogP contribution is -2.58. The Kier molecular flexibility index (Phi) is 16.1. The van der Waals surface area contributed by atoms with Crippen LogP contribution in [0, 0.1) is 35.8 Å². The van der Waals surface area contributed by atoms with Crippen LogP contribution >= 0.6 is 0 Å². The van der Waals surface area contributed by atoms with E-state index >= 15 is 8.78 Å². The van der Waals surface area contributed by atoms with Crippen LogP contribution in [-0.4, -0.2) is 140 Å². The number of aliphatic imine (C=N–C) groups is 1. The molecular formula is C60H69F2N11O7. The zero-order valence-corrected chi connectivity index (χ0v) is 46.3. The van der Waals surface area contributed by atoms with Crippen molar-refractivity contribution in [1.82, 2.24) is 45.7 Å². The fraction of sp³-hybridized carbons (Fsp3) is 0.450. The summed E-state index contributed by atoms with van der Waals surface area (Å²) in [6.07, 6.45) is 11.8. The van der Waals surface area contributed by atoms with Gasteiger partial charge in [-0.1, -0.05) is 50.1 Å². The van der Waals surface area contributed by atoms with E-state index in [9.17, 15) is 19.8 Å². The predicted molar refractivity (Wildman–Crippen MR) is 301 cm³/mol. The van der Waals surface area contributed by atoms with Gasteiger partial charge in [0.05, 0.1) is 42.8 Å². The first-order chi connectivity index (χ1) is 38.4. The van der Waals surface area contributed by atoms with Crippen LogP contribution in [0.1, 0.15) is 109 Å². The number of halogens is 2. The number of terminal acetylenes is 1. The Hall–Kier alpha value is -7.73. The molecule has 10 rings (SSSR count). The highest BCUT2D eigenvalue weighted by Crippen LogP contribution is 2.41. The number of rotatable bonds is 16. The number of likely N-dealkylation sites (tertiary alicyclic amines) is 1. The molecule has 3 amide bonds. The number of ether oxygens (including phenoxy) is 2. The van der Waals surface area contributed by atoms with Gasteiger partial charge in [0, 0.05) is 66.3 Å². The monoisotopic (exact) mass is 1090 g/mol. The van der Waals surface area contributed by atoms with Crippen LogP contribution in [0.4, 0.5) is 19.4 Å². The standard InChI is InChI=1S/C60H69F2N11O7/c1-9-45-48(61)16-15-41-25-43(74)26-46(52(41)45)54-53(62)55-47(28-64-54)56(71-29-42-17-20-60(8,33-71)68-42)67-58(66-55)78-24-23-70-21-18-38(19-22-70)32-79-50-27-49(80-69-50)51(34(3)4)57(76)72-30-44(75)31-73(72)59(77)65-37(7)40-13-11-39(12-14-40)35(5)36(6)63-10-2/h1,10-16,25-28,34,37-38,42,44,51,68,74-75H,17-24,29-33H2,2-8H3,(H,65,77)/b36-35+,63-10?/t37?,42?,44-,51?,60?/m0/s1. The molecule has 4 aliphatic rings. The summed E-state index contributed by atoms with van der Waals surface area (Å²) in [7, 11) is 0. The number of carbonyl (C=O) groups is 2. The summed E-state index contributed by atoms with van der Waals surface area (Å²) >= 11 is 0. The number of amides is 3. The lowest BCUT2D eigenvalue weighted by molar-refractivity contribution is -0.143. The van der Waals surface area contributed by atoms with E-state index in [1.165, 1.54) is 40.5 Å². The molecule has 0 aliphatic carbocycles. The lowest BCUT2D eigenvalue weighted by Gasteiger charge is -2.40. The van der Waals surface area contributed by atoms with Crippen LogP contribution in [0.2, 0.25) is 0 Å². The van der Waals surface area contributed by atoms with Crippen molar-refractivity contribution >= 4 is 51.2 Å². The number of hydrogen-bond donors (Lipinski definition) is 4. The summed E-state index contributed by atoms with van der Waals surface area (Å²) in [6.45, 7) is 17.5. The molecule has 2 bridgehead atoms. The SMILES string of the molecule is C#Cc1c(F)ccc2cc(O)cc(-c3ncc4c(N5CC6CCC(C)(C5)N6)nc(OCCN5CCC(COc6cc(C(C(=O)N7C[C@H](O)CN7C(=O)NC(C)c7ccc(/C(C)=C(\C)N=CC)cc7)C(C)C)on6)CC5)nc4c3F)c12. The number of aromatic nitrogens is 4. The molecule has 4 N–H and O–H groups in total. The molecule has 80 heavy (non-hydrogen) atoms. The van der Waals surface area contributed by atoms with Crippen LogP contribution in [0.25, 0.3) is 38.5 Å². The summed E-state index contributed by atoms with van der Waals surface area (Å²) in [5.74, 6) is 0.601. The molecule has 4 unspecified atom stereocenters. The van der Waals surface area contributed by atoms with E-state index in [1.54, 1.807) is 12.3 Å². The molecule has 3 aromatic heterocycles. The highest BCUT2D eigenvalue weighted by Gasteiger charge is 2.44. The molecular weight excluding hydrogens is 1020 g/mol. The van der Waals surface area contributed by atoms with E-state index in [4.69, 9.17) is 25.4 Å². The third-order valence-corrected chi connectivity index (χ3v) is 16.1. The van der Waals surface area contributed by atoms with Crippen molar-refractivity contribution in [3.63, 3.8) is 0 Å². The van der Waals surface area contributed by atoms with Crippen molar-refractivity contribution in [3.05, 3.63) is 101 Å². The summed E-state index contributed by atoms with van der Waals surface area (Å²) in [4.78, 5) is 50.9. The van der Waals surface area contributed by atoms with Gasteiger partial charge in [-0.3, -0.25) is 19.7 Å². The minimum Gasteiger partial charge on any atom is -0.508 e. The van der Waals surface area contributed by atoms with Crippen molar-refractivity contribution in [2.75, 3.05) is 63.9 Å². The zero-order chi connectivity index (χ0) is 56.6. The van der Waals surface area contributed by atoms with Crippen molar-refractivity contribution in [2.24, 2.45) is 16.8 Å². The number of piperidine rings is 1. The van der Waals surface area contributed by atoms with Crippen LogP contribution in [0.15, 0.2) is 76.0 Å². The quantitative estimate of drug-likeness (QED) is 0.0528. The summed E-state index contributed by atoms with van der Waals surface area (Å²) in [5, 5.41) is 36.0. The maximum absolute atomic E-state index is 17.1. The van der Waals surface area contributed by atoms with Gasteiger partial charge in [0.15, 0.2) is 11.6 Å². The number of aromatic hydroxyl groups is 1. The highest BCUT2D eigenvalue weighted by atomic mass is 19.1. The number of urea groups is 1. The number of benzene rings is 3. The molecule has 6 aromatic rings. The normalized spacial score (nSPS) is 20.9. The number of piperazine rings is 1. The first-order valence-corrected chi connectivity index (χ1v) is 27.5. The topological polar surface area (TPSA) is 207 Å². The van der Waals surface area contributed by atoms with Crippen LogP contribution < -0.4 is 25.0 Å². The summed E-state index contributed by atoms with van der Waals surface area (Å²) < 4.78 is 50.4. The third-order valence-electron chi connectivity index (χ3n) is 16.1. The van der Waals surface area contributed by atoms with Crippen molar-refractivity contribution < 1.29 is 42.6 Å². The first kappa shape index (κ1) is 55.6. The van der Waals surface area contributed by atoms with Gasteiger partial charge in [0.1, 0.15) is 41.1 Å². The first-order valence-electron chi connectivity index (χ1n) is 27.5. The second-order valence-electron chi connectivity index (χ2n) is 22.3. The van der Waals surface area contributed by atoms with Gasteiger partial charge >= 0.3 is 12.0 Å². The maximum Gasteiger partial charge on any atom is 0.336 e. The van der Waals surface area contributed by atoms with E-state index in [0.717, 1.165) is 61.2 Å². The predicted octanol–water partition coefficient (Wildman–Crippen LogP) is 8.77. The van der Waals surface area contributed by atoms with Gasteiger partial charge in [-0.15, -0.1) is 6.42 Å². The molecule has 0 spiro atoms. The number of hydrogen-bond acceptors (Lipinski definition) is 15. The van der Waals surface area contributed by atoms with E-state index < -0.39 is 41.6 Å². The van der Waals surface area contributed by atoms with Crippen LogP contribution in [-0.2, 0) is 4.79 Å². The molecule has 4 fully saturated rings. The number of fused-ring (bicyclic) bond motifs is 4. The summed E-state index contributed by atoms with van der Waals surface area (Å²) in [6, 6.07) is 14.3. The van der Waals surface area contributed by atoms with Crippen molar-refractivity contribution in [1.29, 1.82) is 0 Å². The number of pyridine rings is 1. The summed E-state index contributed by atoms with van der Waals surface area (Å²) in [5.41, 5.74) is 3.60. The molecule has 5 atom stereocenters. The van der Waals surface area contributed by atoms with Gasteiger partial charge in [-0.05, 0) is 131 Å². The molecule has 0 radical (unpaired) electrons. The number of phenolic OH excluding ortho intramolecular Hbond substituents is 1. The Labute approximate surface area is 464 Å². The molecule has 20 heteroatoms. The van der Waals surface area contributed by atoms with Gasteiger partial charge in [-0.25, -0.2) is 23.6 Å². The molecule has 420 valence electrons. The minimum absolute atomic E-state index is 0.00781. The number of anilines is 1. The maximum atomic E-state index is 17.1. The highest BCUT2D eigenvalue weighted by molar-refractivity contribution is 6.03. The fourth-order valence-corrected chi connectivity index (χ4v) is 11.7. The average Bonchev–Trinajstić information content (AvgIpc) is 4.17. The van der Waals surface area contributed by atoms with Crippen molar-refractivity contribution in [2.45, 2.75) is 104 Å². The average molecular weight is 1090 g/mol. The molecule has 7 heterocycles. The van der Waals surface area contributed by atoms with Crippen molar-refractivity contribution in [3.8, 4) is 41.2 Å². The number of aliphatic hydroxyl groups is 1. The molecule has 0 saturated carbocycles. The Bertz CT molecular complexity index is 3410. The molecule has 3 aromatic carbocycles. The number of phenols is 1. The Balaban J connectivity index is 0.757. The van der Waals surface area contributed by atoms with Crippen LogP contribution in [0.3, 0.4) is 0 Å². The largest absolute Gasteiger partial charge is 0.508 e. The Morgan fingerprint density at radius 2 is 1.79 bits per heavy atom. The Morgan fingerprint density at radius 3 is 2.51 bits per heavy atom. The van der Waals surface area contributed by atoms with E-state index in [2.05, 4.69) is 53.4 Å². The fourth-order valence-electron chi connectivity index (χ4n) is 11.7. The lowest BCUT2D eigenvalue weighted by atomic mass is 9.92. The number of β-amino-alcohol motifs (C(OH)–C–C–N with tert-alkyl or cyclic N) is 1. The van der Waals surface area contributed by atoms with E-state index in [-0.39, 0.29) is 88.5 Å². The number of nitrogens with one attached hydrogen (secondary N) is 2. The number of allylic oxidation sites excluding steroid dienone is 2. The van der Waals surface area contributed by atoms with E-state index in [1.807, 2.05) is 65.8 Å². The molecule has 4 saturated heterocycles. The molecule has 18 nitrogen and oxygen atoms in total. The van der Waals surface area contributed by atoms with Gasteiger partial charge in [0.2, 0.25) is 0 Å². The second kappa shape index (κ2) is 23.2. The number of aliphatic hydroxyl groups excluding tert-OH is 1. The number of hydrazine groups is 1.